The van der Waals surface area contributed by atoms with Crippen molar-refractivity contribution in [3.63, 3.8) is 0 Å². The Hall–Kier alpha value is -3.00. The molecule has 2 aliphatic heterocycles. The Labute approximate surface area is 195 Å². The number of anilines is 3. The number of carbonyl (C=O) groups excluding carboxylic acids is 1. The second-order valence-electron chi connectivity index (χ2n) is 9.15. The maximum atomic E-state index is 14.4. The molecule has 0 bridgehead atoms. The van der Waals surface area contributed by atoms with Crippen molar-refractivity contribution in [3.05, 3.63) is 54.0 Å². The van der Waals surface area contributed by atoms with Crippen LogP contribution in [0, 0.1) is 11.7 Å². The van der Waals surface area contributed by atoms with Gasteiger partial charge in [0.15, 0.2) is 11.6 Å². The van der Waals surface area contributed by atoms with Gasteiger partial charge in [0, 0.05) is 44.5 Å². The lowest BCUT2D eigenvalue weighted by molar-refractivity contribution is -0.127. The van der Waals surface area contributed by atoms with E-state index in [1.807, 2.05) is 6.07 Å². The van der Waals surface area contributed by atoms with Gasteiger partial charge in [-0.15, -0.1) is 0 Å². The Kier molecular flexibility index (Phi) is 7.23. The smallest absolute Gasteiger partial charge is 0.246 e. The van der Waals surface area contributed by atoms with Crippen LogP contribution in [0.2, 0.25) is 0 Å². The molecule has 2 aliphatic rings. The third kappa shape index (κ3) is 5.68. The Morgan fingerprint density at radius 2 is 2.18 bits per heavy atom. The van der Waals surface area contributed by atoms with Crippen molar-refractivity contribution < 1.29 is 9.18 Å². The highest BCUT2D eigenvalue weighted by molar-refractivity contribution is 5.87. The first-order valence-electron chi connectivity index (χ1n) is 11.8. The fourth-order valence-corrected chi connectivity index (χ4v) is 4.52. The minimum absolute atomic E-state index is 0.0728. The van der Waals surface area contributed by atoms with Crippen molar-refractivity contribution in [2.24, 2.45) is 5.92 Å². The third-order valence-corrected chi connectivity index (χ3v) is 6.51. The minimum atomic E-state index is -0.512. The van der Waals surface area contributed by atoms with Gasteiger partial charge in [-0.1, -0.05) is 32.9 Å². The van der Waals surface area contributed by atoms with Gasteiger partial charge in [0.05, 0.1) is 6.20 Å². The van der Waals surface area contributed by atoms with Gasteiger partial charge in [0.1, 0.15) is 0 Å². The molecule has 2 unspecified atom stereocenters. The third-order valence-electron chi connectivity index (χ3n) is 6.51. The van der Waals surface area contributed by atoms with Crippen LogP contribution < -0.4 is 10.6 Å². The zero-order chi connectivity index (χ0) is 23.4. The predicted octanol–water partition coefficient (Wildman–Crippen LogP) is 4.31. The minimum Gasteiger partial charge on any atom is -0.363 e. The van der Waals surface area contributed by atoms with E-state index in [1.54, 1.807) is 4.90 Å². The first kappa shape index (κ1) is 23.2. The molecule has 3 heterocycles. The molecule has 0 saturated carbocycles. The summed E-state index contributed by atoms with van der Waals surface area (Å²) in [6.07, 6.45) is 5.36. The van der Waals surface area contributed by atoms with Crippen molar-refractivity contribution in [1.29, 1.82) is 0 Å². The van der Waals surface area contributed by atoms with E-state index < -0.39 is 5.82 Å². The van der Waals surface area contributed by atoms with Crippen LogP contribution in [0.1, 0.15) is 44.2 Å². The van der Waals surface area contributed by atoms with Gasteiger partial charge in [-0.05, 0) is 48.1 Å². The highest BCUT2D eigenvalue weighted by Crippen LogP contribution is 2.28. The van der Waals surface area contributed by atoms with Crippen LogP contribution in [-0.2, 0) is 17.9 Å². The summed E-state index contributed by atoms with van der Waals surface area (Å²) >= 11 is 0. The normalized spacial score (nSPS) is 19.1. The van der Waals surface area contributed by atoms with Crippen LogP contribution in [0.5, 0.6) is 0 Å². The lowest BCUT2D eigenvalue weighted by Gasteiger charge is -2.32. The second kappa shape index (κ2) is 10.3. The molecule has 0 spiro atoms. The van der Waals surface area contributed by atoms with E-state index in [1.165, 1.54) is 29.8 Å². The Morgan fingerprint density at radius 3 is 2.97 bits per heavy atom. The summed E-state index contributed by atoms with van der Waals surface area (Å²) in [6, 6.07) is 6.22. The number of nitrogens with zero attached hydrogens (tertiary/aromatic N) is 4. The summed E-state index contributed by atoms with van der Waals surface area (Å²) < 4.78 is 14.4. The number of amides is 1. The van der Waals surface area contributed by atoms with Crippen molar-refractivity contribution in [3.8, 4) is 0 Å². The first-order chi connectivity index (χ1) is 15.9. The molecule has 2 N–H and O–H groups in total. The van der Waals surface area contributed by atoms with Crippen LogP contribution in [0.25, 0.3) is 0 Å². The van der Waals surface area contributed by atoms with E-state index >= 15 is 0 Å². The molecule has 2 atom stereocenters. The average Bonchev–Trinajstić information content (AvgIpc) is 3.22. The fraction of sp³-hybridized carbons (Fsp3) is 0.480. The van der Waals surface area contributed by atoms with Crippen molar-refractivity contribution in [1.82, 2.24) is 19.8 Å². The van der Waals surface area contributed by atoms with Gasteiger partial charge in [-0.25, -0.2) is 9.37 Å². The average molecular weight is 453 g/mol. The molecule has 4 rings (SSSR count). The molecule has 1 amide bonds. The number of benzene rings is 1. The van der Waals surface area contributed by atoms with Crippen LogP contribution in [0.15, 0.2) is 37.1 Å². The largest absolute Gasteiger partial charge is 0.363 e. The number of hydrogen-bond acceptors (Lipinski definition) is 6. The summed E-state index contributed by atoms with van der Waals surface area (Å²) in [5, 5.41) is 6.37. The summed E-state index contributed by atoms with van der Waals surface area (Å²) in [7, 11) is 0. The molecule has 8 heteroatoms. The maximum Gasteiger partial charge on any atom is 0.246 e. The number of carbonyl (C=O) groups is 1. The van der Waals surface area contributed by atoms with Gasteiger partial charge in [0.2, 0.25) is 11.9 Å². The van der Waals surface area contributed by atoms with Crippen LogP contribution in [0.3, 0.4) is 0 Å². The molecule has 1 aromatic carbocycles. The van der Waals surface area contributed by atoms with Gasteiger partial charge < -0.3 is 15.5 Å². The molecule has 7 nitrogen and oxygen atoms in total. The Bertz CT molecular complexity index is 1010. The van der Waals surface area contributed by atoms with Crippen molar-refractivity contribution in [2.75, 3.05) is 30.3 Å². The number of hydrogen-bond donors (Lipinski definition) is 2. The molecule has 0 aliphatic carbocycles. The molecular formula is C25H33FN6O. The zero-order valence-electron chi connectivity index (χ0n) is 19.5. The highest BCUT2D eigenvalue weighted by Gasteiger charge is 2.24. The molecule has 2 aromatic rings. The molecule has 1 fully saturated rings. The van der Waals surface area contributed by atoms with Crippen LogP contribution >= 0.6 is 0 Å². The van der Waals surface area contributed by atoms with Crippen molar-refractivity contribution >= 4 is 23.4 Å². The molecule has 176 valence electrons. The Morgan fingerprint density at radius 1 is 1.36 bits per heavy atom. The summed E-state index contributed by atoms with van der Waals surface area (Å²) in [5.74, 6) is 0.546. The van der Waals surface area contributed by atoms with E-state index in [2.05, 4.69) is 58.1 Å². The standard InChI is InChI=1S/C25H33FN6O/c1-4-17(3)13-31-14-18-8-9-20(11-19(18)15-31)29-25-27-12-22(26)24(30-25)28-21-7-6-10-32(16-21)23(33)5-2/h5,8-9,11-12,17,21H,2,4,6-7,10,13-16H2,1,3H3,(H2,27,28,29,30). The second-order valence-corrected chi connectivity index (χ2v) is 9.15. The molecular weight excluding hydrogens is 419 g/mol. The van der Waals surface area contributed by atoms with Gasteiger partial charge >= 0.3 is 0 Å². The lowest BCUT2D eigenvalue weighted by Crippen LogP contribution is -2.44. The topological polar surface area (TPSA) is 73.4 Å². The molecule has 1 saturated heterocycles. The Balaban J connectivity index is 1.41. The number of likely N-dealkylation sites (tertiary alicyclic amines) is 1. The number of rotatable bonds is 8. The lowest BCUT2D eigenvalue weighted by atomic mass is 10.1. The van der Waals surface area contributed by atoms with Crippen molar-refractivity contribution in [2.45, 2.75) is 52.2 Å². The quantitative estimate of drug-likeness (QED) is 0.582. The molecule has 0 radical (unpaired) electrons. The van der Waals surface area contributed by atoms with E-state index in [0.717, 1.165) is 38.2 Å². The van der Waals surface area contributed by atoms with E-state index in [4.69, 9.17) is 0 Å². The van der Waals surface area contributed by atoms with Gasteiger partial charge in [-0.2, -0.15) is 4.98 Å². The number of fused-ring (bicyclic) bond motifs is 1. The molecule has 33 heavy (non-hydrogen) atoms. The van der Waals surface area contributed by atoms with Gasteiger partial charge in [-0.3, -0.25) is 9.69 Å². The SMILES string of the molecule is C=CC(=O)N1CCCC(Nc2nc(Nc3ccc4c(c3)CN(CC(C)CC)C4)ncc2F)C1. The maximum absolute atomic E-state index is 14.4. The number of aromatic nitrogens is 2. The van der Waals surface area contributed by atoms with E-state index in [0.29, 0.717) is 25.0 Å². The van der Waals surface area contributed by atoms with Gasteiger partial charge in [0.25, 0.3) is 0 Å². The molecule has 1 aromatic heterocycles. The highest BCUT2D eigenvalue weighted by atomic mass is 19.1. The fourth-order valence-electron chi connectivity index (χ4n) is 4.52. The monoisotopic (exact) mass is 452 g/mol. The van der Waals surface area contributed by atoms with E-state index in [9.17, 15) is 9.18 Å². The zero-order valence-corrected chi connectivity index (χ0v) is 19.5. The summed E-state index contributed by atoms with van der Waals surface area (Å²) in [5.41, 5.74) is 3.54. The number of piperidine rings is 1. The predicted molar refractivity (Wildman–Crippen MR) is 129 cm³/mol. The summed E-state index contributed by atoms with van der Waals surface area (Å²) in [4.78, 5) is 24.6. The number of halogens is 1. The summed E-state index contributed by atoms with van der Waals surface area (Å²) in [6.45, 7) is 12.3. The first-order valence-corrected chi connectivity index (χ1v) is 11.8. The van der Waals surface area contributed by atoms with Crippen LogP contribution in [-0.4, -0.2) is 51.4 Å². The van der Waals surface area contributed by atoms with E-state index in [-0.39, 0.29) is 17.8 Å². The number of nitrogens with one attached hydrogen (secondary N) is 2. The van der Waals surface area contributed by atoms with Crippen LogP contribution in [0.4, 0.5) is 21.8 Å².